The molecule has 2 aromatic rings. The number of rotatable bonds is 8. The molecule has 0 aliphatic rings. The molecule has 0 aliphatic carbocycles. The standard InChI is InChI=1S/C17H25BrN6O2/c1-5-16-23-22-11-24(16)7-6-20-17(19-2)21-10-12-8-14(25-3)15(26-4)9-13(12)18/h8-9,11H,5-7,10H2,1-4H3,(H2,19,20,21). The molecule has 0 saturated carbocycles. The van der Waals surface area contributed by atoms with Crippen LogP contribution in [0.25, 0.3) is 0 Å². The summed E-state index contributed by atoms with van der Waals surface area (Å²) in [5, 5.41) is 14.6. The maximum Gasteiger partial charge on any atom is 0.191 e. The molecule has 142 valence electrons. The molecule has 0 saturated heterocycles. The van der Waals surface area contributed by atoms with E-state index in [1.807, 2.05) is 16.7 Å². The summed E-state index contributed by atoms with van der Waals surface area (Å²) in [5.41, 5.74) is 1.04. The molecular formula is C17H25BrN6O2. The van der Waals surface area contributed by atoms with Crippen molar-refractivity contribution in [3.63, 3.8) is 0 Å². The lowest BCUT2D eigenvalue weighted by molar-refractivity contribution is 0.354. The molecular weight excluding hydrogens is 400 g/mol. The molecule has 0 unspecified atom stereocenters. The second-order valence-corrected chi connectivity index (χ2v) is 6.30. The summed E-state index contributed by atoms with van der Waals surface area (Å²) in [5.74, 6) is 3.07. The zero-order valence-corrected chi connectivity index (χ0v) is 17.1. The van der Waals surface area contributed by atoms with Gasteiger partial charge in [-0.15, -0.1) is 10.2 Å². The van der Waals surface area contributed by atoms with Gasteiger partial charge >= 0.3 is 0 Å². The van der Waals surface area contributed by atoms with Gasteiger partial charge < -0.3 is 24.7 Å². The number of ether oxygens (including phenoxy) is 2. The second kappa shape index (κ2) is 10.0. The van der Waals surface area contributed by atoms with Crippen molar-refractivity contribution in [2.24, 2.45) is 4.99 Å². The molecule has 0 bridgehead atoms. The summed E-state index contributed by atoms with van der Waals surface area (Å²) in [4.78, 5) is 4.25. The van der Waals surface area contributed by atoms with Crippen molar-refractivity contribution in [3.05, 3.63) is 34.3 Å². The Morgan fingerprint density at radius 1 is 1.23 bits per heavy atom. The van der Waals surface area contributed by atoms with E-state index in [-0.39, 0.29) is 0 Å². The molecule has 26 heavy (non-hydrogen) atoms. The summed E-state index contributed by atoms with van der Waals surface area (Å²) >= 11 is 3.56. The minimum atomic E-state index is 0.591. The van der Waals surface area contributed by atoms with Gasteiger partial charge in [0, 0.05) is 37.6 Å². The SMILES string of the molecule is CCc1nncn1CCNC(=NC)NCc1cc(OC)c(OC)cc1Br. The number of aliphatic imine (C=N–C) groups is 1. The zero-order chi connectivity index (χ0) is 18.9. The Kier molecular flexibility index (Phi) is 7.71. The van der Waals surface area contributed by atoms with Crippen LogP contribution in [-0.4, -0.2) is 48.5 Å². The second-order valence-electron chi connectivity index (χ2n) is 5.45. The third kappa shape index (κ3) is 5.10. The van der Waals surface area contributed by atoms with Gasteiger partial charge in [0.2, 0.25) is 0 Å². The van der Waals surface area contributed by atoms with E-state index in [9.17, 15) is 0 Å². The van der Waals surface area contributed by atoms with Crippen molar-refractivity contribution in [2.45, 2.75) is 26.4 Å². The smallest absolute Gasteiger partial charge is 0.191 e. The number of benzene rings is 1. The number of halogens is 1. The van der Waals surface area contributed by atoms with E-state index < -0.39 is 0 Å². The fraction of sp³-hybridized carbons (Fsp3) is 0.471. The van der Waals surface area contributed by atoms with Crippen LogP contribution in [0, 0.1) is 0 Å². The Bertz CT molecular complexity index is 747. The lowest BCUT2D eigenvalue weighted by atomic mass is 10.2. The number of aromatic nitrogens is 3. The van der Waals surface area contributed by atoms with Crippen LogP contribution in [-0.2, 0) is 19.5 Å². The van der Waals surface area contributed by atoms with Crippen LogP contribution in [0.2, 0.25) is 0 Å². The number of nitrogens with zero attached hydrogens (tertiary/aromatic N) is 4. The van der Waals surface area contributed by atoms with Gasteiger partial charge in [0.05, 0.1) is 14.2 Å². The van der Waals surface area contributed by atoms with E-state index in [1.54, 1.807) is 27.6 Å². The van der Waals surface area contributed by atoms with Gasteiger partial charge in [0.1, 0.15) is 12.2 Å². The Balaban J connectivity index is 1.91. The van der Waals surface area contributed by atoms with Gasteiger partial charge in [0.25, 0.3) is 0 Å². The summed E-state index contributed by atoms with van der Waals surface area (Å²) < 4.78 is 13.6. The van der Waals surface area contributed by atoms with Crippen molar-refractivity contribution >= 4 is 21.9 Å². The molecule has 0 atom stereocenters. The van der Waals surface area contributed by atoms with Crippen LogP contribution in [0.3, 0.4) is 0 Å². The number of hydrogen-bond donors (Lipinski definition) is 2. The van der Waals surface area contributed by atoms with Crippen molar-refractivity contribution in [3.8, 4) is 11.5 Å². The Hall–Kier alpha value is -2.29. The number of aryl methyl sites for hydroxylation is 1. The third-order valence-corrected chi connectivity index (χ3v) is 4.62. The minimum Gasteiger partial charge on any atom is -0.493 e. The van der Waals surface area contributed by atoms with E-state index >= 15 is 0 Å². The fourth-order valence-corrected chi connectivity index (χ4v) is 2.93. The Morgan fingerprint density at radius 2 is 1.96 bits per heavy atom. The maximum atomic E-state index is 5.36. The number of hydrogen-bond acceptors (Lipinski definition) is 5. The van der Waals surface area contributed by atoms with Crippen LogP contribution in [0.4, 0.5) is 0 Å². The van der Waals surface area contributed by atoms with Crippen molar-refractivity contribution in [1.29, 1.82) is 0 Å². The molecule has 0 spiro atoms. The molecule has 0 aliphatic heterocycles. The van der Waals surface area contributed by atoms with E-state index in [0.29, 0.717) is 18.0 Å². The van der Waals surface area contributed by atoms with Crippen LogP contribution in [0.1, 0.15) is 18.3 Å². The Labute approximate surface area is 162 Å². The number of guanidine groups is 1. The van der Waals surface area contributed by atoms with Crippen LogP contribution >= 0.6 is 15.9 Å². The van der Waals surface area contributed by atoms with Crippen molar-refractivity contribution < 1.29 is 9.47 Å². The van der Waals surface area contributed by atoms with Gasteiger partial charge in [-0.3, -0.25) is 4.99 Å². The van der Waals surface area contributed by atoms with Gasteiger partial charge in [0.15, 0.2) is 17.5 Å². The Morgan fingerprint density at radius 3 is 2.62 bits per heavy atom. The zero-order valence-electron chi connectivity index (χ0n) is 15.5. The van der Waals surface area contributed by atoms with Crippen molar-refractivity contribution in [1.82, 2.24) is 25.4 Å². The summed E-state index contributed by atoms with van der Waals surface area (Å²) in [7, 11) is 4.99. The highest BCUT2D eigenvalue weighted by Crippen LogP contribution is 2.33. The normalized spacial score (nSPS) is 11.3. The van der Waals surface area contributed by atoms with Crippen LogP contribution < -0.4 is 20.1 Å². The minimum absolute atomic E-state index is 0.591. The summed E-state index contributed by atoms with van der Waals surface area (Å²) in [6, 6.07) is 3.83. The molecule has 2 rings (SSSR count). The molecule has 0 amide bonds. The maximum absolute atomic E-state index is 5.36. The van der Waals surface area contributed by atoms with E-state index in [4.69, 9.17) is 9.47 Å². The third-order valence-electron chi connectivity index (χ3n) is 3.88. The van der Waals surface area contributed by atoms with Gasteiger partial charge in [-0.2, -0.15) is 0 Å². The highest BCUT2D eigenvalue weighted by atomic mass is 79.9. The van der Waals surface area contributed by atoms with Crippen LogP contribution in [0.15, 0.2) is 27.9 Å². The molecule has 1 heterocycles. The quantitative estimate of drug-likeness (QED) is 0.497. The monoisotopic (exact) mass is 424 g/mol. The van der Waals surface area contributed by atoms with E-state index in [2.05, 4.69) is 48.7 Å². The van der Waals surface area contributed by atoms with E-state index in [1.165, 1.54) is 0 Å². The number of nitrogens with one attached hydrogen (secondary N) is 2. The topological polar surface area (TPSA) is 85.6 Å². The highest BCUT2D eigenvalue weighted by molar-refractivity contribution is 9.10. The van der Waals surface area contributed by atoms with Gasteiger partial charge in [-0.05, 0) is 17.7 Å². The van der Waals surface area contributed by atoms with Gasteiger partial charge in [-0.1, -0.05) is 22.9 Å². The average Bonchev–Trinajstić information content (AvgIpc) is 3.12. The van der Waals surface area contributed by atoms with E-state index in [0.717, 1.165) is 41.3 Å². The summed E-state index contributed by atoms with van der Waals surface area (Å²) in [6.45, 7) is 4.15. The molecule has 9 heteroatoms. The molecule has 0 radical (unpaired) electrons. The lowest BCUT2D eigenvalue weighted by Gasteiger charge is -2.15. The predicted octanol–water partition coefficient (Wildman–Crippen LogP) is 1.99. The molecule has 1 aromatic carbocycles. The average molecular weight is 425 g/mol. The van der Waals surface area contributed by atoms with Crippen LogP contribution in [0.5, 0.6) is 11.5 Å². The van der Waals surface area contributed by atoms with Gasteiger partial charge in [-0.25, -0.2) is 0 Å². The summed E-state index contributed by atoms with van der Waals surface area (Å²) in [6.07, 6.45) is 2.61. The molecule has 8 nitrogen and oxygen atoms in total. The molecule has 1 aromatic heterocycles. The van der Waals surface area contributed by atoms with Crippen molar-refractivity contribution in [2.75, 3.05) is 27.8 Å². The molecule has 0 fully saturated rings. The first-order valence-electron chi connectivity index (χ1n) is 8.34. The predicted molar refractivity (Wildman–Crippen MR) is 105 cm³/mol. The lowest BCUT2D eigenvalue weighted by Crippen LogP contribution is -2.38. The largest absolute Gasteiger partial charge is 0.493 e. The number of methoxy groups -OCH3 is 2. The first-order valence-corrected chi connectivity index (χ1v) is 9.13. The highest BCUT2D eigenvalue weighted by Gasteiger charge is 2.10. The fourth-order valence-electron chi connectivity index (χ4n) is 2.47. The first kappa shape index (κ1) is 20.0. The molecule has 2 N–H and O–H groups in total. The first-order chi connectivity index (χ1) is 12.6.